The minimum absolute atomic E-state index is 0.0427. The molecule has 4 heteroatoms. The molecule has 2 N–H and O–H groups in total. The Hall–Kier alpha value is -0.610. The molecular formula is C7H15NO3. The lowest BCUT2D eigenvalue weighted by molar-refractivity contribution is -0.142. The lowest BCUT2D eigenvalue weighted by atomic mass is 10.5. The normalized spacial score (nSPS) is 9.64. The quantitative estimate of drug-likeness (QED) is 0.408. The van der Waals surface area contributed by atoms with Crippen molar-refractivity contribution in [3.8, 4) is 0 Å². The van der Waals surface area contributed by atoms with Crippen molar-refractivity contribution in [2.45, 2.75) is 13.3 Å². The zero-order valence-corrected chi connectivity index (χ0v) is 6.80. The zero-order chi connectivity index (χ0) is 8.53. The van der Waals surface area contributed by atoms with Gasteiger partial charge in [0.05, 0.1) is 19.8 Å². The van der Waals surface area contributed by atoms with Crippen LogP contribution in [0.5, 0.6) is 0 Å². The lowest BCUT2D eigenvalue weighted by Gasteiger charge is -2.02. The molecule has 0 amide bonds. The number of nitrogens with one attached hydrogen (secondary N) is 1. The van der Waals surface area contributed by atoms with E-state index >= 15 is 0 Å². The van der Waals surface area contributed by atoms with Crippen LogP contribution in [0.1, 0.15) is 13.3 Å². The maximum absolute atomic E-state index is 10.7. The molecule has 0 aliphatic heterocycles. The van der Waals surface area contributed by atoms with Crippen molar-refractivity contribution in [3.05, 3.63) is 0 Å². The first-order chi connectivity index (χ1) is 5.31. The number of aliphatic hydroxyl groups excluding tert-OH is 1. The summed E-state index contributed by atoms with van der Waals surface area (Å²) < 4.78 is 4.75. The van der Waals surface area contributed by atoms with Crippen LogP contribution in [0.15, 0.2) is 0 Å². The average Bonchev–Trinajstić information content (AvgIpc) is 2.01. The number of carbonyl (C=O) groups is 1. The second-order valence-electron chi connectivity index (χ2n) is 2.12. The van der Waals surface area contributed by atoms with Crippen molar-refractivity contribution >= 4 is 5.97 Å². The molecule has 0 saturated heterocycles. The fourth-order valence-corrected chi connectivity index (χ4v) is 0.536. The van der Waals surface area contributed by atoms with Crippen LogP contribution in [0, 0.1) is 0 Å². The van der Waals surface area contributed by atoms with Gasteiger partial charge >= 0.3 is 5.97 Å². The Balaban J connectivity index is 3.09. The maximum Gasteiger partial charge on any atom is 0.319 e. The average molecular weight is 161 g/mol. The van der Waals surface area contributed by atoms with Gasteiger partial charge in [-0.05, 0) is 6.42 Å². The third kappa shape index (κ3) is 7.29. The summed E-state index contributed by atoms with van der Waals surface area (Å²) in [6.45, 7) is 3.07. The minimum atomic E-state index is -0.264. The summed E-state index contributed by atoms with van der Waals surface area (Å²) in [6, 6.07) is 0. The molecule has 0 unspecified atom stereocenters. The molecule has 4 nitrogen and oxygen atoms in total. The molecule has 0 fully saturated rings. The van der Waals surface area contributed by atoms with E-state index in [1.165, 1.54) is 0 Å². The highest BCUT2D eigenvalue weighted by Crippen LogP contribution is 1.80. The second-order valence-corrected chi connectivity index (χ2v) is 2.12. The van der Waals surface area contributed by atoms with E-state index in [0.29, 0.717) is 13.2 Å². The fourth-order valence-electron chi connectivity index (χ4n) is 0.536. The predicted octanol–water partition coefficient (Wildman–Crippen LogP) is -0.479. The number of esters is 1. The first-order valence-corrected chi connectivity index (χ1v) is 3.78. The van der Waals surface area contributed by atoms with E-state index in [4.69, 9.17) is 9.84 Å². The van der Waals surface area contributed by atoms with E-state index in [-0.39, 0.29) is 19.1 Å². The van der Waals surface area contributed by atoms with Gasteiger partial charge in [0.25, 0.3) is 0 Å². The Labute approximate surface area is 66.5 Å². The molecule has 0 saturated carbocycles. The maximum atomic E-state index is 10.7. The standard InChI is InChI=1S/C7H15NO3/c1-2-5-11-7(10)6-8-3-4-9/h8-9H,2-6H2,1H3. The SMILES string of the molecule is CCCOC(=O)CNCCO. The summed E-state index contributed by atoms with van der Waals surface area (Å²) in [5.74, 6) is -0.264. The monoisotopic (exact) mass is 161 g/mol. The summed E-state index contributed by atoms with van der Waals surface area (Å²) in [5.41, 5.74) is 0. The van der Waals surface area contributed by atoms with Crippen LogP contribution in [0.2, 0.25) is 0 Å². The van der Waals surface area contributed by atoms with Gasteiger partial charge in [0.15, 0.2) is 0 Å². The van der Waals surface area contributed by atoms with Gasteiger partial charge < -0.3 is 15.2 Å². The van der Waals surface area contributed by atoms with E-state index in [9.17, 15) is 4.79 Å². The van der Waals surface area contributed by atoms with E-state index in [1.807, 2.05) is 6.92 Å². The van der Waals surface area contributed by atoms with Crippen LogP contribution in [-0.2, 0) is 9.53 Å². The summed E-state index contributed by atoms with van der Waals surface area (Å²) >= 11 is 0. The molecule has 0 bridgehead atoms. The number of hydrogen-bond acceptors (Lipinski definition) is 4. The van der Waals surface area contributed by atoms with Gasteiger partial charge in [-0.15, -0.1) is 0 Å². The lowest BCUT2D eigenvalue weighted by Crippen LogP contribution is -2.27. The first-order valence-electron chi connectivity index (χ1n) is 3.78. The largest absolute Gasteiger partial charge is 0.465 e. The topological polar surface area (TPSA) is 58.6 Å². The molecule has 11 heavy (non-hydrogen) atoms. The van der Waals surface area contributed by atoms with E-state index in [2.05, 4.69) is 5.32 Å². The highest BCUT2D eigenvalue weighted by Gasteiger charge is 1.98. The van der Waals surface area contributed by atoms with Crippen molar-refractivity contribution in [1.82, 2.24) is 5.32 Å². The van der Waals surface area contributed by atoms with Gasteiger partial charge in [-0.25, -0.2) is 0 Å². The predicted molar refractivity (Wildman–Crippen MR) is 41.2 cm³/mol. The smallest absolute Gasteiger partial charge is 0.319 e. The van der Waals surface area contributed by atoms with Gasteiger partial charge in [0.1, 0.15) is 0 Å². The first kappa shape index (κ1) is 10.4. The molecule has 66 valence electrons. The van der Waals surface area contributed by atoms with Crippen LogP contribution >= 0.6 is 0 Å². The van der Waals surface area contributed by atoms with Gasteiger partial charge in [-0.1, -0.05) is 6.92 Å². The summed E-state index contributed by atoms with van der Waals surface area (Å²) in [6.07, 6.45) is 0.839. The van der Waals surface area contributed by atoms with Crippen LogP contribution in [0.25, 0.3) is 0 Å². The number of aliphatic hydroxyl groups is 1. The van der Waals surface area contributed by atoms with Crippen molar-refractivity contribution < 1.29 is 14.6 Å². The summed E-state index contributed by atoms with van der Waals surface area (Å²) in [5, 5.41) is 11.1. The van der Waals surface area contributed by atoms with E-state index < -0.39 is 0 Å². The Morgan fingerprint density at radius 1 is 1.64 bits per heavy atom. The van der Waals surface area contributed by atoms with Gasteiger partial charge in [0.2, 0.25) is 0 Å². The molecular weight excluding hydrogens is 146 g/mol. The van der Waals surface area contributed by atoms with Gasteiger partial charge in [-0.3, -0.25) is 4.79 Å². The number of rotatable bonds is 6. The highest BCUT2D eigenvalue weighted by atomic mass is 16.5. The molecule has 0 aromatic rings. The summed E-state index contributed by atoms with van der Waals surface area (Å²) in [7, 11) is 0. The number of ether oxygens (including phenoxy) is 1. The second kappa shape index (κ2) is 7.50. The molecule has 0 aromatic heterocycles. The van der Waals surface area contributed by atoms with Gasteiger partial charge in [0, 0.05) is 6.54 Å². The molecule has 0 aliphatic carbocycles. The van der Waals surface area contributed by atoms with Crippen molar-refractivity contribution in [3.63, 3.8) is 0 Å². The Kier molecular flexibility index (Phi) is 7.08. The van der Waals surface area contributed by atoms with E-state index in [0.717, 1.165) is 6.42 Å². The molecule has 0 heterocycles. The van der Waals surface area contributed by atoms with Crippen LogP contribution < -0.4 is 5.32 Å². The molecule has 0 radical (unpaired) electrons. The number of hydrogen-bond donors (Lipinski definition) is 2. The van der Waals surface area contributed by atoms with Crippen LogP contribution in [0.3, 0.4) is 0 Å². The zero-order valence-electron chi connectivity index (χ0n) is 6.80. The third-order valence-electron chi connectivity index (χ3n) is 1.03. The Morgan fingerprint density at radius 3 is 2.91 bits per heavy atom. The van der Waals surface area contributed by atoms with Gasteiger partial charge in [-0.2, -0.15) is 0 Å². The van der Waals surface area contributed by atoms with Crippen LogP contribution in [0.4, 0.5) is 0 Å². The third-order valence-corrected chi connectivity index (χ3v) is 1.03. The number of carbonyl (C=O) groups excluding carboxylic acids is 1. The molecule has 0 spiro atoms. The Bertz CT molecular complexity index is 106. The van der Waals surface area contributed by atoms with Crippen molar-refractivity contribution in [1.29, 1.82) is 0 Å². The minimum Gasteiger partial charge on any atom is -0.465 e. The van der Waals surface area contributed by atoms with Crippen molar-refractivity contribution in [2.75, 3.05) is 26.3 Å². The molecule has 0 aromatic carbocycles. The fraction of sp³-hybridized carbons (Fsp3) is 0.857. The molecule has 0 rings (SSSR count). The van der Waals surface area contributed by atoms with Crippen molar-refractivity contribution in [2.24, 2.45) is 0 Å². The Morgan fingerprint density at radius 2 is 2.36 bits per heavy atom. The van der Waals surface area contributed by atoms with E-state index in [1.54, 1.807) is 0 Å². The molecule has 0 atom stereocenters. The molecule has 0 aliphatic rings. The highest BCUT2D eigenvalue weighted by molar-refractivity contribution is 5.71. The summed E-state index contributed by atoms with van der Waals surface area (Å²) in [4.78, 5) is 10.7. The van der Waals surface area contributed by atoms with Crippen LogP contribution in [-0.4, -0.2) is 37.4 Å².